The largest absolute Gasteiger partial charge is 0.464 e. The molecule has 1 unspecified atom stereocenters. The van der Waals surface area contributed by atoms with Gasteiger partial charge in [-0.3, -0.25) is 0 Å². The highest BCUT2D eigenvalue weighted by Crippen LogP contribution is 2.39. The average Bonchev–Trinajstić information content (AvgIpc) is 2.99. The minimum atomic E-state index is -1.97. The fourth-order valence-corrected chi connectivity index (χ4v) is 4.64. The average molecular weight is 389 g/mol. The number of nitrogens with zero attached hydrogens (tertiary/aromatic N) is 2. The molecule has 0 radical (unpaired) electrons. The first-order valence-corrected chi connectivity index (χ1v) is 12.9. The Morgan fingerprint density at radius 1 is 1.36 bits per heavy atom. The Balaban J connectivity index is 2.18. The number of ether oxygens (including phenoxy) is 2. The van der Waals surface area contributed by atoms with Gasteiger partial charge in [-0.25, -0.2) is 9.79 Å². The molecule has 2 aliphatic rings. The molecule has 0 aromatic rings. The molecule has 0 aliphatic carbocycles. The number of amidine groups is 1. The molecule has 0 aromatic heterocycles. The van der Waals surface area contributed by atoms with Gasteiger partial charge in [-0.05, 0) is 25.1 Å². The van der Waals surface area contributed by atoms with Crippen LogP contribution in [0, 0.1) is 0 Å². The zero-order valence-corrected chi connectivity index (χ0v) is 18.2. The monoisotopic (exact) mass is 388 g/mol. The van der Waals surface area contributed by atoms with Crippen LogP contribution in [0.5, 0.6) is 0 Å². The Bertz CT molecular complexity index is 515. The van der Waals surface area contributed by atoms with Crippen LogP contribution in [-0.2, 0) is 18.7 Å². The van der Waals surface area contributed by atoms with Crippen LogP contribution < -0.4 is 0 Å². The van der Waals surface area contributed by atoms with Crippen LogP contribution in [0.2, 0.25) is 18.1 Å². The smallest absolute Gasteiger partial charge is 0.337 e. The van der Waals surface area contributed by atoms with Crippen molar-refractivity contribution in [3.05, 3.63) is 0 Å². The van der Waals surface area contributed by atoms with Gasteiger partial charge in [0.05, 0.1) is 26.4 Å². The Morgan fingerprint density at radius 3 is 2.56 bits per heavy atom. The number of thioether (sulfide) groups is 1. The zero-order chi connectivity index (χ0) is 18.7. The number of esters is 1. The van der Waals surface area contributed by atoms with Crippen molar-refractivity contribution < 1.29 is 18.7 Å². The first kappa shape index (κ1) is 20.7. The first-order chi connectivity index (χ1) is 11.6. The van der Waals surface area contributed by atoms with Gasteiger partial charge in [-0.2, -0.15) is 0 Å². The molecule has 2 aliphatic heterocycles. The van der Waals surface area contributed by atoms with Crippen molar-refractivity contribution in [1.29, 1.82) is 0 Å². The third kappa shape index (κ3) is 4.78. The van der Waals surface area contributed by atoms with Gasteiger partial charge < -0.3 is 18.8 Å². The lowest BCUT2D eigenvalue weighted by Crippen LogP contribution is -2.50. The molecule has 2 rings (SSSR count). The maximum absolute atomic E-state index is 12.7. The van der Waals surface area contributed by atoms with Crippen LogP contribution in [0.3, 0.4) is 0 Å². The number of carbonyl (C=O) groups is 1. The van der Waals surface area contributed by atoms with Crippen molar-refractivity contribution in [3.8, 4) is 0 Å². The van der Waals surface area contributed by atoms with Crippen LogP contribution in [0.4, 0.5) is 0 Å². The van der Waals surface area contributed by atoms with Crippen LogP contribution in [-0.4, -0.2) is 75.2 Å². The quantitative estimate of drug-likeness (QED) is 0.533. The summed E-state index contributed by atoms with van der Waals surface area (Å²) in [6, 6.07) is 0. The molecular weight excluding hydrogens is 356 g/mol. The summed E-state index contributed by atoms with van der Waals surface area (Å²) in [7, 11) is -1.97. The number of aliphatic imine (C=N–C) groups is 1. The summed E-state index contributed by atoms with van der Waals surface area (Å²) in [5.41, 5.74) is -0.927. The second-order valence-corrected chi connectivity index (χ2v) is 13.8. The number of rotatable bonds is 5. The second-order valence-electron chi connectivity index (χ2n) is 8.08. The van der Waals surface area contributed by atoms with Crippen LogP contribution in [0.25, 0.3) is 0 Å². The number of morpholine rings is 1. The summed E-state index contributed by atoms with van der Waals surface area (Å²) < 4.78 is 17.1. The SMILES string of the molecule is CCOC(=O)C1(CO[Si](C)(C)C(C)(C)C)CSC(N2CCOCC2)=N1. The molecule has 0 amide bonds. The minimum Gasteiger partial charge on any atom is -0.464 e. The van der Waals surface area contributed by atoms with Crippen LogP contribution in [0.15, 0.2) is 4.99 Å². The molecule has 0 spiro atoms. The highest BCUT2D eigenvalue weighted by molar-refractivity contribution is 8.14. The maximum Gasteiger partial charge on any atom is 0.337 e. The Hall–Kier alpha value is -0.573. The van der Waals surface area contributed by atoms with E-state index in [1.807, 2.05) is 6.92 Å². The molecular formula is C17H32N2O4SSi. The molecule has 1 fully saturated rings. The standard InChI is InChI=1S/C17H32N2O4SSi/c1-7-22-14(20)17(12-23-25(5,6)16(2,3)4)13-24-15(18-17)19-8-10-21-11-9-19/h7-13H2,1-6H3. The van der Waals surface area contributed by atoms with E-state index in [1.165, 1.54) is 0 Å². The Morgan fingerprint density at radius 2 is 2.00 bits per heavy atom. The summed E-state index contributed by atoms with van der Waals surface area (Å²) >= 11 is 1.62. The predicted octanol–water partition coefficient (Wildman–Crippen LogP) is 2.75. The van der Waals surface area contributed by atoms with Crippen molar-refractivity contribution in [1.82, 2.24) is 4.90 Å². The first-order valence-electron chi connectivity index (χ1n) is 8.98. The molecule has 0 bridgehead atoms. The third-order valence-corrected chi connectivity index (χ3v) is 10.9. The molecule has 25 heavy (non-hydrogen) atoms. The third-order valence-electron chi connectivity index (χ3n) is 5.16. The Kier molecular flexibility index (Phi) is 6.62. The van der Waals surface area contributed by atoms with E-state index in [2.05, 4.69) is 38.8 Å². The topological polar surface area (TPSA) is 60.4 Å². The fourth-order valence-electron chi connectivity index (χ4n) is 2.37. The molecule has 8 heteroatoms. The van der Waals surface area contributed by atoms with E-state index in [0.717, 1.165) is 18.3 Å². The zero-order valence-electron chi connectivity index (χ0n) is 16.4. The van der Waals surface area contributed by atoms with Crippen molar-refractivity contribution in [3.63, 3.8) is 0 Å². The molecule has 2 heterocycles. The Labute approximate surface area is 156 Å². The molecule has 1 atom stereocenters. The van der Waals surface area contributed by atoms with Gasteiger partial charge >= 0.3 is 5.97 Å². The van der Waals surface area contributed by atoms with Gasteiger partial charge in [0.15, 0.2) is 19.0 Å². The molecule has 1 saturated heterocycles. The molecule has 6 nitrogen and oxygen atoms in total. The normalized spacial score (nSPS) is 25.0. The van der Waals surface area contributed by atoms with Gasteiger partial charge in [0, 0.05) is 18.8 Å². The molecule has 144 valence electrons. The van der Waals surface area contributed by atoms with Crippen LogP contribution >= 0.6 is 11.8 Å². The van der Waals surface area contributed by atoms with Crippen molar-refractivity contribution >= 4 is 31.2 Å². The van der Waals surface area contributed by atoms with Gasteiger partial charge in [-0.15, -0.1) is 0 Å². The molecule has 0 N–H and O–H groups in total. The highest BCUT2D eigenvalue weighted by Gasteiger charge is 2.48. The van der Waals surface area contributed by atoms with E-state index in [-0.39, 0.29) is 11.0 Å². The van der Waals surface area contributed by atoms with Gasteiger partial charge in [0.25, 0.3) is 0 Å². The van der Waals surface area contributed by atoms with E-state index in [0.29, 0.717) is 32.2 Å². The van der Waals surface area contributed by atoms with Crippen molar-refractivity contribution in [2.45, 2.75) is 51.4 Å². The van der Waals surface area contributed by atoms with Gasteiger partial charge in [0.2, 0.25) is 0 Å². The number of hydrogen-bond acceptors (Lipinski definition) is 7. The summed E-state index contributed by atoms with van der Waals surface area (Å²) in [5, 5.41) is 1.00. The summed E-state index contributed by atoms with van der Waals surface area (Å²) in [4.78, 5) is 19.7. The van der Waals surface area contributed by atoms with E-state index >= 15 is 0 Å². The van der Waals surface area contributed by atoms with Crippen molar-refractivity contribution in [2.24, 2.45) is 4.99 Å². The maximum atomic E-state index is 12.7. The highest BCUT2D eigenvalue weighted by atomic mass is 32.2. The second kappa shape index (κ2) is 7.98. The number of carbonyl (C=O) groups excluding carboxylic acids is 1. The van der Waals surface area contributed by atoms with E-state index < -0.39 is 13.9 Å². The van der Waals surface area contributed by atoms with Gasteiger partial charge in [0.1, 0.15) is 0 Å². The fraction of sp³-hybridized carbons (Fsp3) is 0.882. The lowest BCUT2D eigenvalue weighted by Gasteiger charge is -2.38. The molecule has 0 saturated carbocycles. The van der Waals surface area contributed by atoms with E-state index in [4.69, 9.17) is 18.9 Å². The summed E-state index contributed by atoms with van der Waals surface area (Å²) in [6.07, 6.45) is 0. The minimum absolute atomic E-state index is 0.0886. The van der Waals surface area contributed by atoms with Crippen molar-refractivity contribution in [2.75, 3.05) is 45.3 Å². The lowest BCUT2D eigenvalue weighted by atomic mass is 10.1. The summed E-state index contributed by atoms with van der Waals surface area (Å²) in [5.74, 6) is 0.303. The van der Waals surface area contributed by atoms with E-state index in [1.54, 1.807) is 11.8 Å². The number of hydrogen-bond donors (Lipinski definition) is 0. The predicted molar refractivity (Wildman–Crippen MR) is 105 cm³/mol. The van der Waals surface area contributed by atoms with Crippen LogP contribution in [0.1, 0.15) is 27.7 Å². The lowest BCUT2D eigenvalue weighted by molar-refractivity contribution is -0.149. The van der Waals surface area contributed by atoms with Gasteiger partial charge in [-0.1, -0.05) is 32.5 Å². The molecule has 0 aromatic carbocycles. The van der Waals surface area contributed by atoms with E-state index in [9.17, 15) is 4.79 Å². The summed E-state index contributed by atoms with van der Waals surface area (Å²) in [6.45, 7) is 16.5.